The van der Waals surface area contributed by atoms with Crippen LogP contribution in [0.5, 0.6) is 5.75 Å². The number of ether oxygens (including phenoxy) is 1. The van der Waals surface area contributed by atoms with Gasteiger partial charge in [0.15, 0.2) is 11.2 Å². The molecule has 3 aromatic rings. The highest BCUT2D eigenvalue weighted by atomic mass is 32.1. The smallest absolute Gasteiger partial charge is 0.266 e. The molecule has 1 aromatic carbocycles. The normalized spacial score (nSPS) is 11.9. The predicted molar refractivity (Wildman–Crippen MR) is 80.0 cm³/mol. The summed E-state index contributed by atoms with van der Waals surface area (Å²) in [6, 6.07) is 7.11. The molecule has 22 heavy (non-hydrogen) atoms. The zero-order valence-electron chi connectivity index (χ0n) is 11.6. The Bertz CT molecular complexity index is 727. The highest BCUT2D eigenvalue weighted by Crippen LogP contribution is 2.17. The second-order valence-electron chi connectivity index (χ2n) is 4.33. The first kappa shape index (κ1) is 14.1. The maximum atomic E-state index is 12.0. The van der Waals surface area contributed by atoms with Gasteiger partial charge in [-0.1, -0.05) is 0 Å². The minimum Gasteiger partial charge on any atom is -0.481 e. The van der Waals surface area contributed by atoms with Crippen molar-refractivity contribution < 1.29 is 9.53 Å². The van der Waals surface area contributed by atoms with Gasteiger partial charge in [0.05, 0.1) is 5.69 Å². The van der Waals surface area contributed by atoms with Gasteiger partial charge in [0.2, 0.25) is 0 Å². The van der Waals surface area contributed by atoms with Gasteiger partial charge < -0.3 is 4.74 Å². The fourth-order valence-corrected chi connectivity index (χ4v) is 2.24. The Hall–Kier alpha value is -2.81. The molecule has 2 heterocycles. The van der Waals surface area contributed by atoms with Gasteiger partial charge in [-0.15, -0.1) is 16.4 Å². The van der Waals surface area contributed by atoms with E-state index in [2.05, 4.69) is 25.8 Å². The molecule has 0 bridgehead atoms. The number of tetrazole rings is 1. The lowest BCUT2D eigenvalue weighted by Gasteiger charge is -2.13. The highest BCUT2D eigenvalue weighted by Gasteiger charge is 2.15. The number of amides is 1. The van der Waals surface area contributed by atoms with E-state index in [1.165, 1.54) is 22.3 Å². The summed E-state index contributed by atoms with van der Waals surface area (Å²) in [4.78, 5) is 16.0. The van der Waals surface area contributed by atoms with Gasteiger partial charge in [0.25, 0.3) is 5.91 Å². The van der Waals surface area contributed by atoms with E-state index in [4.69, 9.17) is 4.74 Å². The van der Waals surface area contributed by atoms with E-state index in [-0.39, 0.29) is 5.91 Å². The largest absolute Gasteiger partial charge is 0.481 e. The molecule has 1 atom stereocenters. The molecule has 0 aliphatic heterocycles. The van der Waals surface area contributed by atoms with Crippen molar-refractivity contribution in [1.29, 1.82) is 0 Å². The number of carbonyl (C=O) groups excluding carboxylic acids is 1. The first-order valence-corrected chi connectivity index (χ1v) is 7.31. The molecule has 1 amide bonds. The van der Waals surface area contributed by atoms with Gasteiger partial charge >= 0.3 is 0 Å². The van der Waals surface area contributed by atoms with Gasteiger partial charge in [-0.05, 0) is 41.6 Å². The predicted octanol–water partition coefficient (Wildman–Crippen LogP) is 1.52. The summed E-state index contributed by atoms with van der Waals surface area (Å²) in [6.07, 6.45) is 2.49. The quantitative estimate of drug-likeness (QED) is 0.767. The first-order chi connectivity index (χ1) is 10.7. The van der Waals surface area contributed by atoms with E-state index in [0.29, 0.717) is 10.9 Å². The third-order valence-electron chi connectivity index (χ3n) is 2.79. The molecule has 8 nitrogen and oxygen atoms in total. The molecule has 0 fully saturated rings. The molecule has 0 aliphatic rings. The topological polar surface area (TPSA) is 94.8 Å². The van der Waals surface area contributed by atoms with E-state index in [1.54, 1.807) is 42.8 Å². The zero-order valence-corrected chi connectivity index (χ0v) is 12.4. The fourth-order valence-electron chi connectivity index (χ4n) is 1.71. The first-order valence-electron chi connectivity index (χ1n) is 6.43. The summed E-state index contributed by atoms with van der Waals surface area (Å²) in [5, 5.41) is 16.0. The Balaban J connectivity index is 1.61. The van der Waals surface area contributed by atoms with Crippen LogP contribution in [0.1, 0.15) is 6.92 Å². The molecule has 0 saturated heterocycles. The number of hydrogen-bond donors (Lipinski definition) is 1. The maximum absolute atomic E-state index is 12.0. The van der Waals surface area contributed by atoms with Crippen LogP contribution in [0.4, 0.5) is 5.13 Å². The molecule has 0 aliphatic carbocycles. The molecule has 0 unspecified atom stereocenters. The molecule has 0 saturated carbocycles. The number of anilines is 1. The summed E-state index contributed by atoms with van der Waals surface area (Å²) in [6.45, 7) is 1.68. The van der Waals surface area contributed by atoms with Crippen molar-refractivity contribution in [2.45, 2.75) is 13.0 Å². The standard InChI is InChI=1S/C13H12N6O2S/c1-9(12(20)16-13-14-6-7-22-13)21-11-4-2-10(3-5-11)19-8-15-17-18-19/h2-9H,1H3,(H,14,16,20)/t9-/m1/s1. The van der Waals surface area contributed by atoms with Gasteiger partial charge in [-0.3, -0.25) is 10.1 Å². The SMILES string of the molecule is C[C@@H](Oc1ccc(-n2cnnn2)cc1)C(=O)Nc1nccs1. The summed E-state index contributed by atoms with van der Waals surface area (Å²) >= 11 is 1.36. The Morgan fingerprint density at radius 2 is 2.18 bits per heavy atom. The van der Waals surface area contributed by atoms with Crippen LogP contribution in [-0.4, -0.2) is 37.2 Å². The number of hydrogen-bond acceptors (Lipinski definition) is 7. The summed E-state index contributed by atoms with van der Waals surface area (Å²) in [7, 11) is 0. The lowest BCUT2D eigenvalue weighted by molar-refractivity contribution is -0.122. The Morgan fingerprint density at radius 1 is 1.36 bits per heavy atom. The molecular formula is C13H12N6O2S. The van der Waals surface area contributed by atoms with E-state index in [9.17, 15) is 4.79 Å². The molecule has 0 radical (unpaired) electrons. The number of nitrogens with one attached hydrogen (secondary N) is 1. The number of thiazole rings is 1. The Morgan fingerprint density at radius 3 is 2.82 bits per heavy atom. The monoisotopic (exact) mass is 316 g/mol. The number of carbonyl (C=O) groups is 1. The van der Waals surface area contributed by atoms with Crippen LogP contribution in [0.15, 0.2) is 42.2 Å². The summed E-state index contributed by atoms with van der Waals surface area (Å²) in [5.41, 5.74) is 0.803. The van der Waals surface area contributed by atoms with Crippen molar-refractivity contribution >= 4 is 22.4 Å². The number of aromatic nitrogens is 5. The van der Waals surface area contributed by atoms with E-state index in [1.807, 2.05) is 0 Å². The molecule has 9 heteroatoms. The molecular weight excluding hydrogens is 304 g/mol. The highest BCUT2D eigenvalue weighted by molar-refractivity contribution is 7.13. The molecule has 0 spiro atoms. The Labute approximate surface area is 129 Å². The van der Waals surface area contributed by atoms with Gasteiger partial charge in [0, 0.05) is 11.6 Å². The third-order valence-corrected chi connectivity index (χ3v) is 3.48. The van der Waals surface area contributed by atoms with Crippen molar-refractivity contribution in [3.63, 3.8) is 0 Å². The molecule has 3 rings (SSSR count). The van der Waals surface area contributed by atoms with Gasteiger partial charge in [-0.25, -0.2) is 9.67 Å². The van der Waals surface area contributed by atoms with Crippen molar-refractivity contribution in [2.24, 2.45) is 0 Å². The number of benzene rings is 1. The minimum absolute atomic E-state index is 0.250. The second kappa shape index (κ2) is 6.31. The summed E-state index contributed by atoms with van der Waals surface area (Å²) < 4.78 is 7.13. The van der Waals surface area contributed by atoms with Crippen LogP contribution in [0, 0.1) is 0 Å². The third kappa shape index (κ3) is 3.26. The zero-order chi connectivity index (χ0) is 15.4. The second-order valence-corrected chi connectivity index (χ2v) is 5.23. The minimum atomic E-state index is -0.636. The van der Waals surface area contributed by atoms with Crippen molar-refractivity contribution in [3.05, 3.63) is 42.2 Å². The van der Waals surface area contributed by atoms with Crippen molar-refractivity contribution in [1.82, 2.24) is 25.2 Å². The van der Waals surface area contributed by atoms with E-state index < -0.39 is 6.10 Å². The number of rotatable bonds is 5. The molecule has 1 N–H and O–H groups in total. The van der Waals surface area contributed by atoms with Crippen LogP contribution in [-0.2, 0) is 4.79 Å². The van der Waals surface area contributed by atoms with Crippen LogP contribution in [0.2, 0.25) is 0 Å². The fraction of sp³-hybridized carbons (Fsp3) is 0.154. The molecule has 112 valence electrons. The Kier molecular flexibility index (Phi) is 4.05. The number of nitrogens with zero attached hydrogens (tertiary/aromatic N) is 5. The van der Waals surface area contributed by atoms with Crippen molar-refractivity contribution in [2.75, 3.05) is 5.32 Å². The van der Waals surface area contributed by atoms with Crippen LogP contribution < -0.4 is 10.1 Å². The van der Waals surface area contributed by atoms with Gasteiger partial charge in [-0.2, -0.15) is 0 Å². The molecule has 2 aromatic heterocycles. The van der Waals surface area contributed by atoms with Crippen LogP contribution in [0.3, 0.4) is 0 Å². The van der Waals surface area contributed by atoms with Gasteiger partial charge in [0.1, 0.15) is 12.1 Å². The summed E-state index contributed by atoms with van der Waals surface area (Å²) in [5.74, 6) is 0.332. The van der Waals surface area contributed by atoms with E-state index >= 15 is 0 Å². The lowest BCUT2D eigenvalue weighted by atomic mass is 10.3. The average molecular weight is 316 g/mol. The van der Waals surface area contributed by atoms with E-state index in [0.717, 1.165) is 5.69 Å². The van der Waals surface area contributed by atoms with Crippen molar-refractivity contribution in [3.8, 4) is 11.4 Å². The maximum Gasteiger partial charge on any atom is 0.266 e. The lowest BCUT2D eigenvalue weighted by Crippen LogP contribution is -2.30. The van der Waals surface area contributed by atoms with Crippen LogP contribution in [0.25, 0.3) is 5.69 Å². The average Bonchev–Trinajstić information content (AvgIpc) is 3.21. The van der Waals surface area contributed by atoms with Crippen LogP contribution >= 0.6 is 11.3 Å².